The number of hydrogen-bond acceptors (Lipinski definition) is 3. The van der Waals surface area contributed by atoms with Crippen LogP contribution >= 0.6 is 0 Å². The predicted molar refractivity (Wildman–Crippen MR) is 50.3 cm³/mol. The number of carbonyl (C=O) groups is 2. The molecule has 13 heavy (non-hydrogen) atoms. The second-order valence-corrected chi connectivity index (χ2v) is 3.47. The number of hydrogen-bond donors (Lipinski definition) is 0. The molecule has 0 heterocycles. The van der Waals surface area contributed by atoms with Gasteiger partial charge in [-0.2, -0.15) is 0 Å². The van der Waals surface area contributed by atoms with Crippen molar-refractivity contribution < 1.29 is 14.3 Å². The van der Waals surface area contributed by atoms with Gasteiger partial charge in [0.15, 0.2) is 0 Å². The van der Waals surface area contributed by atoms with Crippen LogP contribution in [0.2, 0.25) is 0 Å². The molecule has 0 aromatic heterocycles. The van der Waals surface area contributed by atoms with E-state index in [9.17, 15) is 9.59 Å². The molecule has 0 aromatic carbocycles. The van der Waals surface area contributed by atoms with Gasteiger partial charge in [0.25, 0.3) is 0 Å². The van der Waals surface area contributed by atoms with E-state index in [0.717, 1.165) is 0 Å². The van der Waals surface area contributed by atoms with E-state index in [1.54, 1.807) is 13.8 Å². The lowest BCUT2D eigenvalue weighted by atomic mass is 9.94. The van der Waals surface area contributed by atoms with Crippen molar-refractivity contribution >= 4 is 11.8 Å². The summed E-state index contributed by atoms with van der Waals surface area (Å²) >= 11 is 0. The summed E-state index contributed by atoms with van der Waals surface area (Å²) in [5, 5.41) is 0. The van der Waals surface area contributed by atoms with Crippen molar-refractivity contribution in [1.29, 1.82) is 0 Å². The molecule has 0 saturated heterocycles. The van der Waals surface area contributed by atoms with Crippen LogP contribution in [0.4, 0.5) is 0 Å². The Kier molecular flexibility index (Phi) is 5.35. The van der Waals surface area contributed by atoms with Gasteiger partial charge >= 0.3 is 5.97 Å². The van der Waals surface area contributed by atoms with Crippen LogP contribution < -0.4 is 0 Å². The Morgan fingerprint density at radius 3 is 2.15 bits per heavy atom. The molecule has 0 amide bonds. The number of ketones is 1. The average Bonchev–Trinajstić information content (AvgIpc) is 2.03. The average molecular weight is 186 g/mol. The van der Waals surface area contributed by atoms with E-state index in [1.807, 2.05) is 13.8 Å². The van der Waals surface area contributed by atoms with Crippen molar-refractivity contribution in [3.63, 3.8) is 0 Å². The van der Waals surface area contributed by atoms with E-state index in [-0.39, 0.29) is 30.0 Å². The Hall–Kier alpha value is -0.860. The second-order valence-electron chi connectivity index (χ2n) is 3.47. The zero-order chi connectivity index (χ0) is 10.4. The van der Waals surface area contributed by atoms with E-state index < -0.39 is 0 Å². The van der Waals surface area contributed by atoms with Gasteiger partial charge in [-0.15, -0.1) is 0 Å². The molecular weight excluding hydrogens is 168 g/mol. The second kappa shape index (κ2) is 5.73. The Bertz CT molecular complexity index is 185. The SMILES string of the molecule is CCOC(=O)C[C@@H](C)C(=O)C(C)C. The Balaban J connectivity index is 3.92. The van der Waals surface area contributed by atoms with Crippen LogP contribution in [0.1, 0.15) is 34.1 Å². The van der Waals surface area contributed by atoms with Crippen molar-refractivity contribution in [2.45, 2.75) is 34.1 Å². The third-order valence-electron chi connectivity index (χ3n) is 1.83. The van der Waals surface area contributed by atoms with Gasteiger partial charge in [-0.1, -0.05) is 20.8 Å². The van der Waals surface area contributed by atoms with Gasteiger partial charge in [-0.25, -0.2) is 0 Å². The minimum Gasteiger partial charge on any atom is -0.466 e. The quantitative estimate of drug-likeness (QED) is 0.615. The van der Waals surface area contributed by atoms with E-state index >= 15 is 0 Å². The number of ether oxygens (including phenoxy) is 1. The maximum atomic E-state index is 11.4. The highest BCUT2D eigenvalue weighted by Gasteiger charge is 2.19. The van der Waals surface area contributed by atoms with Gasteiger partial charge in [0.1, 0.15) is 5.78 Å². The third-order valence-corrected chi connectivity index (χ3v) is 1.83. The first-order chi connectivity index (χ1) is 5.99. The fourth-order valence-corrected chi connectivity index (χ4v) is 1.14. The van der Waals surface area contributed by atoms with Crippen LogP contribution in [-0.4, -0.2) is 18.4 Å². The fourth-order valence-electron chi connectivity index (χ4n) is 1.14. The molecule has 0 aliphatic heterocycles. The number of esters is 1. The van der Waals surface area contributed by atoms with Crippen molar-refractivity contribution in [3.05, 3.63) is 0 Å². The smallest absolute Gasteiger partial charge is 0.306 e. The molecule has 0 aliphatic carbocycles. The van der Waals surface area contributed by atoms with Crippen LogP contribution in [0.25, 0.3) is 0 Å². The molecule has 0 aromatic rings. The molecule has 0 rings (SSSR count). The summed E-state index contributed by atoms with van der Waals surface area (Å²) in [6.45, 7) is 7.57. The van der Waals surface area contributed by atoms with Crippen molar-refractivity contribution in [3.8, 4) is 0 Å². The lowest BCUT2D eigenvalue weighted by Crippen LogP contribution is -2.21. The van der Waals surface area contributed by atoms with Gasteiger partial charge in [0.2, 0.25) is 0 Å². The summed E-state index contributed by atoms with van der Waals surface area (Å²) in [5.74, 6) is -0.402. The Labute approximate surface area is 79.5 Å². The zero-order valence-corrected chi connectivity index (χ0v) is 8.79. The van der Waals surface area contributed by atoms with E-state index in [1.165, 1.54) is 0 Å². The molecule has 0 fully saturated rings. The molecular formula is C10H18O3. The largest absolute Gasteiger partial charge is 0.466 e. The zero-order valence-electron chi connectivity index (χ0n) is 8.79. The molecule has 0 spiro atoms. The molecule has 3 nitrogen and oxygen atoms in total. The lowest BCUT2D eigenvalue weighted by molar-refractivity contribution is -0.146. The first-order valence-electron chi connectivity index (χ1n) is 4.68. The van der Waals surface area contributed by atoms with Gasteiger partial charge < -0.3 is 4.74 Å². The summed E-state index contributed by atoms with van der Waals surface area (Å²) in [4.78, 5) is 22.4. The van der Waals surface area contributed by atoms with Crippen LogP contribution in [0.15, 0.2) is 0 Å². The summed E-state index contributed by atoms with van der Waals surface area (Å²) < 4.78 is 4.75. The summed E-state index contributed by atoms with van der Waals surface area (Å²) in [6.07, 6.45) is 0.199. The predicted octanol–water partition coefficient (Wildman–Crippen LogP) is 1.80. The van der Waals surface area contributed by atoms with Gasteiger partial charge in [0, 0.05) is 11.8 Å². The molecule has 76 valence electrons. The van der Waals surface area contributed by atoms with Gasteiger partial charge in [-0.3, -0.25) is 9.59 Å². The van der Waals surface area contributed by atoms with E-state index in [0.29, 0.717) is 6.61 Å². The number of rotatable bonds is 5. The van der Waals surface area contributed by atoms with Gasteiger partial charge in [0.05, 0.1) is 13.0 Å². The highest BCUT2D eigenvalue weighted by molar-refractivity contribution is 5.86. The maximum absolute atomic E-state index is 11.4. The third kappa shape index (κ3) is 4.65. The van der Waals surface area contributed by atoms with E-state index in [2.05, 4.69) is 0 Å². The number of carbonyl (C=O) groups excluding carboxylic acids is 2. The Morgan fingerprint density at radius 1 is 1.23 bits per heavy atom. The molecule has 3 heteroatoms. The minimum atomic E-state index is -0.288. The number of Topliss-reactive ketones (excluding diaryl/α,β-unsaturated/α-hetero) is 1. The van der Waals surface area contributed by atoms with Gasteiger partial charge in [-0.05, 0) is 6.92 Å². The first kappa shape index (κ1) is 12.1. The molecule has 1 atom stereocenters. The highest BCUT2D eigenvalue weighted by Crippen LogP contribution is 2.10. The van der Waals surface area contributed by atoms with Crippen LogP contribution in [0.5, 0.6) is 0 Å². The van der Waals surface area contributed by atoms with Crippen LogP contribution in [0, 0.1) is 11.8 Å². The van der Waals surface area contributed by atoms with Crippen molar-refractivity contribution in [2.75, 3.05) is 6.61 Å². The normalized spacial score (nSPS) is 12.7. The molecule has 0 radical (unpaired) electrons. The molecule has 0 saturated carbocycles. The molecule has 0 unspecified atom stereocenters. The van der Waals surface area contributed by atoms with E-state index in [4.69, 9.17) is 4.74 Å². The summed E-state index contributed by atoms with van der Waals surface area (Å²) in [5.41, 5.74) is 0. The first-order valence-corrected chi connectivity index (χ1v) is 4.68. The molecule has 0 bridgehead atoms. The summed E-state index contributed by atoms with van der Waals surface area (Å²) in [6, 6.07) is 0. The van der Waals surface area contributed by atoms with Crippen molar-refractivity contribution in [2.24, 2.45) is 11.8 Å². The molecule has 0 N–H and O–H groups in total. The van der Waals surface area contributed by atoms with Crippen LogP contribution in [0.3, 0.4) is 0 Å². The monoisotopic (exact) mass is 186 g/mol. The fraction of sp³-hybridized carbons (Fsp3) is 0.800. The Morgan fingerprint density at radius 2 is 1.77 bits per heavy atom. The lowest BCUT2D eigenvalue weighted by Gasteiger charge is -2.11. The van der Waals surface area contributed by atoms with Crippen molar-refractivity contribution in [1.82, 2.24) is 0 Å². The topological polar surface area (TPSA) is 43.4 Å². The summed E-state index contributed by atoms with van der Waals surface area (Å²) in [7, 11) is 0. The minimum absolute atomic E-state index is 0.00979. The standard InChI is InChI=1S/C10H18O3/c1-5-13-9(11)6-8(4)10(12)7(2)3/h7-8H,5-6H2,1-4H3/t8-/m1/s1. The highest BCUT2D eigenvalue weighted by atomic mass is 16.5. The molecule has 0 aliphatic rings. The maximum Gasteiger partial charge on any atom is 0.306 e. The van der Waals surface area contributed by atoms with Crippen LogP contribution in [-0.2, 0) is 14.3 Å².